The number of methoxy groups -OCH3 is 1. The highest BCUT2D eigenvalue weighted by atomic mass is 16.5. The smallest absolute Gasteiger partial charge is 0.0932 e. The Bertz CT molecular complexity index is 527. The summed E-state index contributed by atoms with van der Waals surface area (Å²) in [6, 6.07) is 12.0. The minimum atomic E-state index is -0.829. The van der Waals surface area contributed by atoms with Crippen LogP contribution in [0.2, 0.25) is 0 Å². The van der Waals surface area contributed by atoms with Crippen LogP contribution in [-0.4, -0.2) is 29.4 Å². The summed E-state index contributed by atoms with van der Waals surface area (Å²) >= 11 is 0. The van der Waals surface area contributed by atoms with Crippen molar-refractivity contribution in [2.24, 2.45) is 0 Å². The molecule has 0 spiro atoms. The van der Waals surface area contributed by atoms with E-state index in [4.69, 9.17) is 4.74 Å². The lowest BCUT2D eigenvalue weighted by Gasteiger charge is -2.25. The molecule has 0 aliphatic rings. The zero-order valence-electron chi connectivity index (χ0n) is 10.9. The van der Waals surface area contributed by atoms with Crippen molar-refractivity contribution in [3.05, 3.63) is 42.1 Å². The van der Waals surface area contributed by atoms with Gasteiger partial charge in [-0.15, -0.1) is 0 Å². The summed E-state index contributed by atoms with van der Waals surface area (Å²) in [6.45, 7) is 2.29. The van der Waals surface area contributed by atoms with Gasteiger partial charge in [-0.1, -0.05) is 31.2 Å². The van der Waals surface area contributed by atoms with Crippen molar-refractivity contribution in [3.63, 3.8) is 0 Å². The number of aromatic nitrogens is 1. The number of fused-ring (bicyclic) bond motifs is 1. The fraction of sp³-hybridized carbons (Fsp3) is 0.400. The monoisotopic (exact) mass is 245 g/mol. The molecule has 3 heteroatoms. The molecule has 0 radical (unpaired) electrons. The first-order valence-corrected chi connectivity index (χ1v) is 6.23. The molecule has 2 rings (SSSR count). The first-order valence-electron chi connectivity index (χ1n) is 6.23. The zero-order chi connectivity index (χ0) is 13.0. The van der Waals surface area contributed by atoms with Gasteiger partial charge in [0.05, 0.1) is 17.7 Å². The predicted molar refractivity (Wildman–Crippen MR) is 72.6 cm³/mol. The van der Waals surface area contributed by atoms with E-state index >= 15 is 0 Å². The maximum Gasteiger partial charge on any atom is 0.0932 e. The summed E-state index contributed by atoms with van der Waals surface area (Å²) in [5, 5.41) is 11.5. The Morgan fingerprint density at radius 2 is 2.00 bits per heavy atom. The topological polar surface area (TPSA) is 42.4 Å². The van der Waals surface area contributed by atoms with Crippen molar-refractivity contribution in [1.82, 2.24) is 4.98 Å². The van der Waals surface area contributed by atoms with Crippen LogP contribution in [-0.2, 0) is 11.2 Å². The lowest BCUT2D eigenvalue weighted by molar-refractivity contribution is -0.0338. The van der Waals surface area contributed by atoms with Crippen LogP contribution in [0, 0.1) is 0 Å². The molecule has 0 aliphatic heterocycles. The average Bonchev–Trinajstić information content (AvgIpc) is 2.39. The maximum absolute atomic E-state index is 10.4. The average molecular weight is 245 g/mol. The molecule has 0 saturated carbocycles. The normalized spacial score (nSPS) is 14.6. The highest BCUT2D eigenvalue weighted by Crippen LogP contribution is 2.19. The van der Waals surface area contributed by atoms with Gasteiger partial charge in [0, 0.05) is 24.6 Å². The summed E-state index contributed by atoms with van der Waals surface area (Å²) in [6.07, 6.45) is 1.16. The number of para-hydroxylation sites is 1. The minimum Gasteiger partial charge on any atom is -0.387 e. The number of hydrogen-bond donors (Lipinski definition) is 1. The molecule has 1 N–H and O–H groups in total. The molecule has 0 fully saturated rings. The van der Waals surface area contributed by atoms with Crippen LogP contribution in [0.5, 0.6) is 0 Å². The van der Waals surface area contributed by atoms with E-state index in [1.54, 1.807) is 7.11 Å². The third kappa shape index (κ3) is 2.86. The highest BCUT2D eigenvalue weighted by molar-refractivity contribution is 5.78. The zero-order valence-corrected chi connectivity index (χ0v) is 10.9. The number of pyridine rings is 1. The highest BCUT2D eigenvalue weighted by Gasteiger charge is 2.25. The number of rotatable bonds is 5. The fourth-order valence-electron chi connectivity index (χ4n) is 2.09. The number of benzene rings is 1. The summed E-state index contributed by atoms with van der Waals surface area (Å²) < 4.78 is 5.08. The van der Waals surface area contributed by atoms with Crippen molar-refractivity contribution >= 4 is 10.9 Å². The number of nitrogens with zero attached hydrogens (tertiary/aromatic N) is 1. The van der Waals surface area contributed by atoms with Crippen LogP contribution in [0.4, 0.5) is 0 Å². The molecule has 0 aliphatic carbocycles. The summed E-state index contributed by atoms with van der Waals surface area (Å²) in [4.78, 5) is 4.57. The lowest BCUT2D eigenvalue weighted by Crippen LogP contribution is -2.36. The summed E-state index contributed by atoms with van der Waals surface area (Å²) in [5.74, 6) is 0. The van der Waals surface area contributed by atoms with E-state index in [-0.39, 0.29) is 0 Å². The van der Waals surface area contributed by atoms with E-state index in [0.717, 1.165) is 16.6 Å². The Balaban J connectivity index is 2.26. The third-order valence-electron chi connectivity index (χ3n) is 3.24. The van der Waals surface area contributed by atoms with Crippen molar-refractivity contribution < 1.29 is 9.84 Å². The van der Waals surface area contributed by atoms with Crippen LogP contribution in [0.25, 0.3) is 10.9 Å². The van der Waals surface area contributed by atoms with Crippen molar-refractivity contribution in [1.29, 1.82) is 0 Å². The van der Waals surface area contributed by atoms with Crippen molar-refractivity contribution in [3.8, 4) is 0 Å². The lowest BCUT2D eigenvalue weighted by atomic mass is 9.95. The Morgan fingerprint density at radius 1 is 1.22 bits per heavy atom. The largest absolute Gasteiger partial charge is 0.387 e. The Kier molecular flexibility index (Phi) is 3.94. The first kappa shape index (κ1) is 13.0. The van der Waals surface area contributed by atoms with Crippen LogP contribution in [0.3, 0.4) is 0 Å². The molecule has 1 heterocycles. The maximum atomic E-state index is 10.4. The van der Waals surface area contributed by atoms with Crippen molar-refractivity contribution in [2.75, 3.05) is 13.7 Å². The molecule has 18 heavy (non-hydrogen) atoms. The quantitative estimate of drug-likeness (QED) is 0.880. The number of ether oxygens (including phenoxy) is 1. The molecule has 0 bridgehead atoms. The van der Waals surface area contributed by atoms with Gasteiger partial charge in [0.15, 0.2) is 0 Å². The number of aliphatic hydroxyl groups is 1. The van der Waals surface area contributed by atoms with E-state index in [9.17, 15) is 5.11 Å². The molecule has 0 amide bonds. The van der Waals surface area contributed by atoms with Gasteiger partial charge < -0.3 is 9.84 Å². The number of hydrogen-bond acceptors (Lipinski definition) is 3. The van der Waals surface area contributed by atoms with Gasteiger partial charge in [-0.3, -0.25) is 4.98 Å². The van der Waals surface area contributed by atoms with Gasteiger partial charge in [-0.2, -0.15) is 0 Å². The fourth-order valence-corrected chi connectivity index (χ4v) is 2.09. The molecule has 1 unspecified atom stereocenters. The first-order chi connectivity index (χ1) is 8.67. The van der Waals surface area contributed by atoms with Crippen LogP contribution in [0.1, 0.15) is 19.0 Å². The SMILES string of the molecule is CCC(O)(COC)Cc1ccc2ccccc2n1. The second-order valence-corrected chi connectivity index (χ2v) is 4.68. The van der Waals surface area contributed by atoms with Gasteiger partial charge in [0.1, 0.15) is 0 Å². The Labute approximate surface area is 107 Å². The third-order valence-corrected chi connectivity index (χ3v) is 3.24. The van der Waals surface area contributed by atoms with Gasteiger partial charge in [0.25, 0.3) is 0 Å². The van der Waals surface area contributed by atoms with E-state index in [1.165, 1.54) is 0 Å². The molecular formula is C15H19NO2. The van der Waals surface area contributed by atoms with E-state index in [1.807, 2.05) is 43.3 Å². The van der Waals surface area contributed by atoms with Gasteiger partial charge >= 0.3 is 0 Å². The van der Waals surface area contributed by atoms with E-state index in [2.05, 4.69) is 4.98 Å². The van der Waals surface area contributed by atoms with Gasteiger partial charge in [0.2, 0.25) is 0 Å². The van der Waals surface area contributed by atoms with Gasteiger partial charge in [-0.25, -0.2) is 0 Å². The minimum absolute atomic E-state index is 0.331. The second-order valence-electron chi connectivity index (χ2n) is 4.68. The van der Waals surface area contributed by atoms with Crippen molar-refractivity contribution in [2.45, 2.75) is 25.4 Å². The standard InChI is InChI=1S/C15H19NO2/c1-3-15(17,11-18-2)10-13-9-8-12-6-4-5-7-14(12)16-13/h4-9,17H,3,10-11H2,1-2H3. The van der Waals surface area contributed by atoms with Crippen LogP contribution >= 0.6 is 0 Å². The predicted octanol–water partition coefficient (Wildman–Crippen LogP) is 2.56. The van der Waals surface area contributed by atoms with Crippen LogP contribution in [0.15, 0.2) is 36.4 Å². The molecule has 0 saturated heterocycles. The molecule has 2 aromatic rings. The molecule has 96 valence electrons. The van der Waals surface area contributed by atoms with Gasteiger partial charge in [-0.05, 0) is 18.6 Å². The van der Waals surface area contributed by atoms with Crippen LogP contribution < -0.4 is 0 Å². The Hall–Kier alpha value is -1.45. The molecule has 3 nitrogen and oxygen atoms in total. The Morgan fingerprint density at radius 3 is 2.72 bits per heavy atom. The molecule has 1 aromatic heterocycles. The molecule has 1 aromatic carbocycles. The summed E-state index contributed by atoms with van der Waals surface area (Å²) in [5.41, 5.74) is 1.03. The second kappa shape index (κ2) is 5.46. The molecular weight excluding hydrogens is 226 g/mol. The van der Waals surface area contributed by atoms with E-state index < -0.39 is 5.60 Å². The summed E-state index contributed by atoms with van der Waals surface area (Å²) in [7, 11) is 1.61. The molecule has 1 atom stereocenters. The van der Waals surface area contributed by atoms with E-state index in [0.29, 0.717) is 19.4 Å².